The summed E-state index contributed by atoms with van der Waals surface area (Å²) >= 11 is 0. The van der Waals surface area contributed by atoms with Gasteiger partial charge in [0, 0.05) is 48.1 Å². The van der Waals surface area contributed by atoms with E-state index in [4.69, 9.17) is 16.1 Å². The molecule has 46 heavy (non-hydrogen) atoms. The van der Waals surface area contributed by atoms with Crippen LogP contribution in [0.25, 0.3) is 32.9 Å². The van der Waals surface area contributed by atoms with E-state index in [0.717, 1.165) is 19.4 Å². The number of aromatic hydroxyl groups is 1. The second-order valence-corrected chi connectivity index (χ2v) is 13.4. The van der Waals surface area contributed by atoms with Crippen molar-refractivity contribution in [2.75, 3.05) is 51.4 Å². The van der Waals surface area contributed by atoms with Gasteiger partial charge in [0.25, 0.3) is 0 Å². The fourth-order valence-corrected chi connectivity index (χ4v) is 7.71. The molecule has 8 nitrogen and oxygen atoms in total. The molecular formula is C35H37F3N6O2. The number of fused-ring (bicyclic) bond motifs is 4. The van der Waals surface area contributed by atoms with Gasteiger partial charge in [-0.25, -0.2) is 13.8 Å². The molecule has 0 spiro atoms. The van der Waals surface area contributed by atoms with Gasteiger partial charge in [-0.3, -0.25) is 4.39 Å². The van der Waals surface area contributed by atoms with E-state index in [0.29, 0.717) is 48.3 Å². The minimum absolute atomic E-state index is 0.00325. The van der Waals surface area contributed by atoms with E-state index in [1.165, 1.54) is 24.3 Å². The van der Waals surface area contributed by atoms with Crippen LogP contribution in [0.1, 0.15) is 37.4 Å². The van der Waals surface area contributed by atoms with Gasteiger partial charge in [-0.15, -0.1) is 6.42 Å². The van der Waals surface area contributed by atoms with Crippen LogP contribution in [0.3, 0.4) is 0 Å². The fraction of sp³-hybridized carbons (Fsp3) is 0.457. The quantitative estimate of drug-likeness (QED) is 0.276. The lowest BCUT2D eigenvalue weighted by Gasteiger charge is -2.43. The molecule has 4 aromatic rings. The third-order valence-electron chi connectivity index (χ3n) is 10.1. The van der Waals surface area contributed by atoms with E-state index in [1.54, 1.807) is 6.92 Å². The second kappa shape index (κ2) is 11.6. The number of hydrogen-bond donors (Lipinski definition) is 2. The summed E-state index contributed by atoms with van der Waals surface area (Å²) in [7, 11) is 2.01. The number of nitrogens with one attached hydrogen (secondary N) is 1. The van der Waals surface area contributed by atoms with Crippen molar-refractivity contribution in [3.8, 4) is 35.4 Å². The first kappa shape index (κ1) is 30.5. The third kappa shape index (κ3) is 5.17. The summed E-state index contributed by atoms with van der Waals surface area (Å²) in [6, 6.07) is 6.05. The van der Waals surface area contributed by atoms with Gasteiger partial charge in [-0.1, -0.05) is 18.9 Å². The normalized spacial score (nSPS) is 24.9. The minimum atomic E-state index is -0.767. The largest absolute Gasteiger partial charge is 0.508 e. The number of rotatable bonds is 6. The molecule has 3 aliphatic rings. The van der Waals surface area contributed by atoms with Crippen LogP contribution >= 0.6 is 0 Å². The van der Waals surface area contributed by atoms with Gasteiger partial charge in [-0.05, 0) is 69.3 Å². The molecule has 3 saturated heterocycles. The van der Waals surface area contributed by atoms with Crippen molar-refractivity contribution in [3.63, 3.8) is 0 Å². The number of benzene rings is 2. The maximum absolute atomic E-state index is 16.9. The van der Waals surface area contributed by atoms with Crippen LogP contribution in [-0.4, -0.2) is 83.6 Å². The first-order chi connectivity index (χ1) is 22.1. The highest BCUT2D eigenvalue weighted by molar-refractivity contribution is 6.03. The molecule has 0 radical (unpaired) electrons. The molecule has 7 rings (SSSR count). The zero-order chi connectivity index (χ0) is 32.3. The number of piperazine rings is 1. The molecule has 0 aliphatic carbocycles. The van der Waals surface area contributed by atoms with Crippen LogP contribution < -0.4 is 15.0 Å². The molecule has 240 valence electrons. The van der Waals surface area contributed by atoms with Gasteiger partial charge in [0.15, 0.2) is 5.82 Å². The molecule has 2 bridgehead atoms. The van der Waals surface area contributed by atoms with Gasteiger partial charge in [0.2, 0.25) is 0 Å². The summed E-state index contributed by atoms with van der Waals surface area (Å²) in [4.78, 5) is 18.4. The summed E-state index contributed by atoms with van der Waals surface area (Å²) in [5, 5.41) is 15.4. The molecular weight excluding hydrogens is 593 g/mol. The fourth-order valence-electron chi connectivity index (χ4n) is 7.71. The Hall–Kier alpha value is -4.14. The van der Waals surface area contributed by atoms with Gasteiger partial charge < -0.3 is 25.0 Å². The summed E-state index contributed by atoms with van der Waals surface area (Å²) in [5.41, 5.74) is -0.0617. The number of alkyl halides is 1. The lowest BCUT2D eigenvalue weighted by molar-refractivity contribution is 0.000322. The van der Waals surface area contributed by atoms with Crippen molar-refractivity contribution in [1.82, 2.24) is 25.2 Å². The SMILES string of the molecule is C#Cc1c(F)ccc2cc(O)cc(-c3nc(C)c4c(N5C[C@H]6CC[C@@H](C5)N6)nc(OC[C@]5(C)CN(C)CC[C@@H]5CF)nc4c3F)c12. The molecule has 11 heteroatoms. The number of hydrogen-bond acceptors (Lipinski definition) is 8. The van der Waals surface area contributed by atoms with Crippen LogP contribution in [-0.2, 0) is 0 Å². The number of ether oxygens (including phenoxy) is 1. The number of aryl methyl sites for hydroxylation is 1. The van der Waals surface area contributed by atoms with Gasteiger partial charge >= 0.3 is 6.01 Å². The molecule has 2 N–H and O–H groups in total. The maximum atomic E-state index is 16.9. The Labute approximate surface area is 266 Å². The molecule has 3 aliphatic heterocycles. The average Bonchev–Trinajstić information content (AvgIpc) is 3.38. The van der Waals surface area contributed by atoms with Crippen LogP contribution in [0.5, 0.6) is 11.8 Å². The molecule has 2 aromatic carbocycles. The van der Waals surface area contributed by atoms with E-state index in [1.807, 2.05) is 14.0 Å². The van der Waals surface area contributed by atoms with Crippen molar-refractivity contribution in [2.45, 2.75) is 45.2 Å². The maximum Gasteiger partial charge on any atom is 0.319 e. The molecule has 0 saturated carbocycles. The van der Waals surface area contributed by atoms with E-state index in [9.17, 15) is 13.9 Å². The van der Waals surface area contributed by atoms with Crippen molar-refractivity contribution >= 4 is 27.5 Å². The second-order valence-electron chi connectivity index (χ2n) is 13.4. The first-order valence-electron chi connectivity index (χ1n) is 15.8. The zero-order valence-corrected chi connectivity index (χ0v) is 26.2. The van der Waals surface area contributed by atoms with Crippen LogP contribution in [0.4, 0.5) is 19.0 Å². The lowest BCUT2D eigenvalue weighted by atomic mass is 9.73. The predicted octanol–water partition coefficient (Wildman–Crippen LogP) is 5.37. The molecule has 0 unspecified atom stereocenters. The molecule has 3 fully saturated rings. The van der Waals surface area contributed by atoms with Crippen molar-refractivity contribution in [3.05, 3.63) is 47.2 Å². The summed E-state index contributed by atoms with van der Waals surface area (Å²) in [6.07, 6.45) is 8.49. The van der Waals surface area contributed by atoms with E-state index >= 15 is 4.39 Å². The number of nitrogens with zero attached hydrogens (tertiary/aromatic N) is 5. The van der Waals surface area contributed by atoms with E-state index in [-0.39, 0.29) is 64.1 Å². The number of phenolic OH excluding ortho intramolecular Hbond substituents is 1. The number of anilines is 1. The van der Waals surface area contributed by atoms with Crippen LogP contribution in [0.15, 0.2) is 24.3 Å². The number of halogens is 3. The molecule has 2 aromatic heterocycles. The Kier molecular flexibility index (Phi) is 7.68. The monoisotopic (exact) mass is 630 g/mol. The third-order valence-corrected chi connectivity index (χ3v) is 10.1. The topological polar surface area (TPSA) is 86.6 Å². The summed E-state index contributed by atoms with van der Waals surface area (Å²) in [6.45, 7) is 6.27. The number of piperidine rings is 1. The molecule has 5 heterocycles. The summed E-state index contributed by atoms with van der Waals surface area (Å²) in [5.74, 6) is 1.17. The standard InChI is InChI=1S/C35H37F3N6O2/c1-5-25-27(37)9-6-20-12-24(45)13-26(29(20)25)31-30(38)32-28(19(2)39-31)33(44-15-22-7-8-23(16-44)40-22)42-34(41-32)46-18-35(3)17-43(4)11-10-21(35)14-36/h1,6,9,12-13,21-23,40,45H,7-8,10-11,14-18H2,2-4H3/t21-,22-,23+,35+/m1/s1. The van der Waals surface area contributed by atoms with E-state index < -0.39 is 23.7 Å². The zero-order valence-electron chi connectivity index (χ0n) is 26.2. The van der Waals surface area contributed by atoms with Crippen molar-refractivity contribution < 1.29 is 23.0 Å². The van der Waals surface area contributed by atoms with Gasteiger partial charge in [-0.2, -0.15) is 9.97 Å². The molecule has 0 amide bonds. The predicted molar refractivity (Wildman–Crippen MR) is 172 cm³/mol. The number of phenols is 1. The number of aromatic nitrogens is 3. The van der Waals surface area contributed by atoms with Crippen LogP contribution in [0, 0.1) is 42.2 Å². The smallest absolute Gasteiger partial charge is 0.319 e. The Morgan fingerprint density at radius 2 is 1.87 bits per heavy atom. The van der Waals surface area contributed by atoms with Crippen molar-refractivity contribution in [1.29, 1.82) is 0 Å². The first-order valence-corrected chi connectivity index (χ1v) is 15.8. The Balaban J connectivity index is 1.40. The van der Waals surface area contributed by atoms with Gasteiger partial charge in [0.1, 0.15) is 28.6 Å². The highest BCUT2D eigenvalue weighted by Crippen LogP contribution is 2.41. The summed E-state index contributed by atoms with van der Waals surface area (Å²) < 4.78 is 52.2. The highest BCUT2D eigenvalue weighted by atomic mass is 19.1. The Bertz CT molecular complexity index is 1890. The molecule has 4 atom stereocenters. The van der Waals surface area contributed by atoms with E-state index in [2.05, 4.69) is 31.0 Å². The Morgan fingerprint density at radius 1 is 1.11 bits per heavy atom. The number of terminal acetylenes is 1. The highest BCUT2D eigenvalue weighted by Gasteiger charge is 2.40. The van der Waals surface area contributed by atoms with Gasteiger partial charge in [0.05, 0.1) is 29.9 Å². The lowest BCUT2D eigenvalue weighted by Crippen LogP contribution is -2.51. The Morgan fingerprint density at radius 3 is 2.59 bits per heavy atom. The van der Waals surface area contributed by atoms with Crippen molar-refractivity contribution in [2.24, 2.45) is 11.3 Å². The minimum Gasteiger partial charge on any atom is -0.508 e. The number of likely N-dealkylation sites (tertiary alicyclic amines) is 1. The van der Waals surface area contributed by atoms with Crippen LogP contribution in [0.2, 0.25) is 0 Å². The average molecular weight is 631 g/mol. The number of pyridine rings is 1.